The number of rotatable bonds is 4. The van der Waals surface area contributed by atoms with Crippen LogP contribution >= 0.6 is 11.3 Å². The first kappa shape index (κ1) is 12.6. The number of aromatic nitrogens is 1. The molecule has 0 bridgehead atoms. The van der Waals surface area contributed by atoms with E-state index < -0.39 is 12.7 Å². The Balaban J connectivity index is 2.15. The minimum absolute atomic E-state index is 0.351. The van der Waals surface area contributed by atoms with Gasteiger partial charge in [0.05, 0.1) is 5.69 Å². The van der Waals surface area contributed by atoms with Gasteiger partial charge in [0.25, 0.3) is 0 Å². The Bertz CT molecular complexity index is 398. The summed E-state index contributed by atoms with van der Waals surface area (Å²) in [5, 5.41) is 0.407. The van der Waals surface area contributed by atoms with Crippen LogP contribution in [0.3, 0.4) is 0 Å². The smallest absolute Gasteiger partial charge is 0.342 e. The monoisotopic (exact) mass is 265 g/mol. The van der Waals surface area contributed by atoms with Crippen molar-refractivity contribution in [2.45, 2.75) is 31.5 Å². The molecule has 2 N–H and O–H groups in total. The zero-order valence-electron chi connectivity index (χ0n) is 9.42. The quantitative estimate of drug-likeness (QED) is 0.909. The number of thiazole rings is 1. The maximum Gasteiger partial charge on any atom is 0.405 e. The molecule has 1 heterocycles. The molecule has 1 aromatic heterocycles. The van der Waals surface area contributed by atoms with Crippen LogP contribution in [0.2, 0.25) is 0 Å². The Morgan fingerprint density at radius 1 is 1.47 bits per heavy atom. The Morgan fingerprint density at radius 3 is 2.59 bits per heavy atom. The van der Waals surface area contributed by atoms with Crippen LogP contribution in [0.15, 0.2) is 0 Å². The Morgan fingerprint density at radius 2 is 2.12 bits per heavy atom. The zero-order valence-corrected chi connectivity index (χ0v) is 10.2. The number of anilines is 1. The van der Waals surface area contributed by atoms with Gasteiger partial charge in [-0.25, -0.2) is 4.98 Å². The van der Waals surface area contributed by atoms with E-state index in [0.29, 0.717) is 17.6 Å². The predicted molar refractivity (Wildman–Crippen MR) is 61.3 cm³/mol. The fourth-order valence-electron chi connectivity index (χ4n) is 1.67. The molecule has 0 spiro atoms. The van der Waals surface area contributed by atoms with Gasteiger partial charge in [0.1, 0.15) is 6.54 Å². The van der Waals surface area contributed by atoms with Gasteiger partial charge in [-0.1, -0.05) is 0 Å². The molecule has 0 radical (unpaired) electrons. The van der Waals surface area contributed by atoms with Crippen molar-refractivity contribution in [3.8, 4) is 0 Å². The van der Waals surface area contributed by atoms with Gasteiger partial charge in [-0.2, -0.15) is 13.2 Å². The summed E-state index contributed by atoms with van der Waals surface area (Å²) in [7, 11) is 1.41. The lowest BCUT2D eigenvalue weighted by molar-refractivity contribution is -0.119. The van der Waals surface area contributed by atoms with Crippen LogP contribution < -0.4 is 10.6 Å². The van der Waals surface area contributed by atoms with Gasteiger partial charge in [-0.3, -0.25) is 0 Å². The lowest BCUT2D eigenvalue weighted by atomic mass is 10.2. The molecule has 0 aliphatic heterocycles. The third-order valence-electron chi connectivity index (χ3n) is 2.61. The molecule has 0 saturated heterocycles. The number of hydrogen-bond acceptors (Lipinski definition) is 4. The molecule has 17 heavy (non-hydrogen) atoms. The highest BCUT2D eigenvalue weighted by Crippen LogP contribution is 2.44. The molecular weight excluding hydrogens is 251 g/mol. The van der Waals surface area contributed by atoms with Crippen LogP contribution in [-0.2, 0) is 6.54 Å². The van der Waals surface area contributed by atoms with E-state index in [9.17, 15) is 13.2 Å². The molecule has 1 aromatic rings. The number of halogens is 3. The van der Waals surface area contributed by atoms with E-state index in [1.807, 2.05) is 0 Å². The molecule has 0 unspecified atom stereocenters. The summed E-state index contributed by atoms with van der Waals surface area (Å²) in [5.74, 6) is 0.415. The second-order valence-electron chi connectivity index (χ2n) is 4.25. The van der Waals surface area contributed by atoms with Crippen LogP contribution in [0.1, 0.15) is 29.3 Å². The average Bonchev–Trinajstić information content (AvgIpc) is 2.95. The fraction of sp³-hybridized carbons (Fsp3) is 0.700. The van der Waals surface area contributed by atoms with E-state index in [4.69, 9.17) is 5.73 Å². The molecular formula is C10H14F3N3S. The molecule has 1 aliphatic carbocycles. The minimum Gasteiger partial charge on any atom is -0.342 e. The minimum atomic E-state index is -4.21. The summed E-state index contributed by atoms with van der Waals surface area (Å²) >= 11 is 1.27. The van der Waals surface area contributed by atoms with Crippen molar-refractivity contribution in [2.75, 3.05) is 18.5 Å². The standard InChI is InChI=1S/C10H14F3N3S/c1-16(5-10(11,12)13)9-15-8(6-2-3-6)7(4-14)17-9/h6H,2-5,14H2,1H3. The number of hydrogen-bond donors (Lipinski definition) is 1. The molecule has 7 heteroatoms. The molecule has 1 saturated carbocycles. The van der Waals surface area contributed by atoms with Crippen molar-refractivity contribution in [3.05, 3.63) is 10.6 Å². The highest BCUT2D eigenvalue weighted by Gasteiger charge is 2.33. The van der Waals surface area contributed by atoms with E-state index in [1.54, 1.807) is 0 Å². The molecule has 0 atom stereocenters. The Kier molecular flexibility index (Phi) is 3.31. The topological polar surface area (TPSA) is 42.2 Å². The van der Waals surface area contributed by atoms with Gasteiger partial charge in [0.15, 0.2) is 5.13 Å². The van der Waals surface area contributed by atoms with Gasteiger partial charge < -0.3 is 10.6 Å². The van der Waals surface area contributed by atoms with Crippen LogP contribution in [0.25, 0.3) is 0 Å². The average molecular weight is 265 g/mol. The largest absolute Gasteiger partial charge is 0.405 e. The van der Waals surface area contributed by atoms with E-state index in [1.165, 1.54) is 18.4 Å². The molecule has 1 fully saturated rings. The summed E-state index contributed by atoms with van der Waals surface area (Å²) in [4.78, 5) is 6.34. The third-order valence-corrected chi connectivity index (χ3v) is 3.82. The first-order chi connectivity index (χ1) is 7.90. The summed E-state index contributed by atoms with van der Waals surface area (Å²) in [6.45, 7) is -0.627. The van der Waals surface area contributed by atoms with Gasteiger partial charge in [0, 0.05) is 24.4 Å². The van der Waals surface area contributed by atoms with Crippen LogP contribution in [0, 0.1) is 0 Å². The van der Waals surface area contributed by atoms with E-state index in [-0.39, 0.29) is 0 Å². The number of alkyl halides is 3. The van der Waals surface area contributed by atoms with E-state index in [2.05, 4.69) is 4.98 Å². The third kappa shape index (κ3) is 3.10. The van der Waals surface area contributed by atoms with Crippen molar-refractivity contribution in [1.82, 2.24) is 4.98 Å². The second kappa shape index (κ2) is 4.45. The number of nitrogens with zero attached hydrogens (tertiary/aromatic N) is 2. The van der Waals surface area contributed by atoms with Crippen molar-refractivity contribution in [3.63, 3.8) is 0 Å². The highest BCUT2D eigenvalue weighted by atomic mass is 32.1. The first-order valence-electron chi connectivity index (χ1n) is 5.38. The summed E-state index contributed by atoms with van der Waals surface area (Å²) in [6.07, 6.45) is -2.07. The molecule has 3 nitrogen and oxygen atoms in total. The van der Waals surface area contributed by atoms with E-state index in [0.717, 1.165) is 28.3 Å². The molecule has 1 aliphatic rings. The van der Waals surface area contributed by atoms with Crippen molar-refractivity contribution >= 4 is 16.5 Å². The number of nitrogens with two attached hydrogens (primary N) is 1. The maximum atomic E-state index is 12.3. The SMILES string of the molecule is CN(CC(F)(F)F)c1nc(C2CC2)c(CN)s1. The van der Waals surface area contributed by atoms with Gasteiger partial charge in [0.2, 0.25) is 0 Å². The normalized spacial score (nSPS) is 16.3. The lowest BCUT2D eigenvalue weighted by Crippen LogP contribution is -2.30. The van der Waals surface area contributed by atoms with Gasteiger partial charge >= 0.3 is 6.18 Å². The highest BCUT2D eigenvalue weighted by molar-refractivity contribution is 7.15. The summed E-state index contributed by atoms with van der Waals surface area (Å²) in [5.41, 5.74) is 6.49. The molecule has 0 amide bonds. The molecule has 2 rings (SSSR count). The predicted octanol–water partition coefficient (Wildman–Crippen LogP) is 2.48. The zero-order chi connectivity index (χ0) is 12.6. The van der Waals surface area contributed by atoms with Gasteiger partial charge in [-0.05, 0) is 12.8 Å². The second-order valence-corrected chi connectivity index (χ2v) is 5.32. The fourth-order valence-corrected chi connectivity index (χ4v) is 2.66. The van der Waals surface area contributed by atoms with Crippen molar-refractivity contribution in [1.29, 1.82) is 0 Å². The maximum absolute atomic E-state index is 12.3. The van der Waals surface area contributed by atoms with Gasteiger partial charge in [-0.15, -0.1) is 11.3 Å². The van der Waals surface area contributed by atoms with Crippen molar-refractivity contribution < 1.29 is 13.2 Å². The lowest BCUT2D eigenvalue weighted by Gasteiger charge is -2.17. The van der Waals surface area contributed by atoms with Crippen LogP contribution in [-0.4, -0.2) is 24.8 Å². The summed E-state index contributed by atoms with van der Waals surface area (Å²) < 4.78 is 36.8. The Labute approximate surface area is 101 Å². The summed E-state index contributed by atoms with van der Waals surface area (Å²) in [6, 6.07) is 0. The molecule has 0 aromatic carbocycles. The molecule has 96 valence electrons. The first-order valence-corrected chi connectivity index (χ1v) is 6.20. The van der Waals surface area contributed by atoms with Crippen LogP contribution in [0.5, 0.6) is 0 Å². The Hall–Kier alpha value is -0.820. The van der Waals surface area contributed by atoms with Crippen molar-refractivity contribution in [2.24, 2.45) is 5.73 Å². The van der Waals surface area contributed by atoms with Crippen LogP contribution in [0.4, 0.5) is 18.3 Å². The van der Waals surface area contributed by atoms with E-state index >= 15 is 0 Å².